The number of halogens is 2. The number of likely N-dealkylation sites (tertiary alicyclic amines) is 1. The first-order valence-electron chi connectivity index (χ1n) is 11.0. The Balaban J connectivity index is 1.43. The lowest BCUT2D eigenvalue weighted by molar-refractivity contribution is -0.130. The third-order valence-corrected chi connectivity index (χ3v) is 6.42. The van der Waals surface area contributed by atoms with Gasteiger partial charge in [0.05, 0.1) is 5.02 Å². The van der Waals surface area contributed by atoms with Crippen LogP contribution < -0.4 is 0 Å². The lowest BCUT2D eigenvalue weighted by Gasteiger charge is -2.31. The fraction of sp³-hybridized carbons (Fsp3) is 0.565. The van der Waals surface area contributed by atoms with E-state index in [-0.39, 0.29) is 23.4 Å². The third-order valence-electron chi connectivity index (χ3n) is 6.13. The molecule has 0 spiro atoms. The highest BCUT2D eigenvalue weighted by Crippen LogP contribution is 2.18. The summed E-state index contributed by atoms with van der Waals surface area (Å²) >= 11 is 5.78. The maximum absolute atomic E-state index is 13.3. The van der Waals surface area contributed by atoms with Gasteiger partial charge < -0.3 is 19.8 Å². The van der Waals surface area contributed by atoms with Crippen molar-refractivity contribution in [3.63, 3.8) is 0 Å². The zero-order valence-electron chi connectivity index (χ0n) is 17.8. The highest BCUT2D eigenvalue weighted by Gasteiger charge is 2.23. The number of carbonyl (C=O) groups is 2. The molecule has 0 aromatic heterocycles. The van der Waals surface area contributed by atoms with Crippen molar-refractivity contribution < 1.29 is 19.1 Å². The van der Waals surface area contributed by atoms with Crippen molar-refractivity contribution in [1.29, 1.82) is 0 Å². The average molecular weight is 452 g/mol. The van der Waals surface area contributed by atoms with Crippen molar-refractivity contribution in [2.24, 2.45) is 5.92 Å². The Labute approximate surface area is 188 Å². The molecule has 0 bridgehead atoms. The topological polar surface area (TPSA) is 64.1 Å². The number of nitrogens with zero attached hydrogens (tertiary/aromatic N) is 3. The van der Waals surface area contributed by atoms with E-state index in [2.05, 4.69) is 4.90 Å². The molecule has 2 fully saturated rings. The number of hydrogen-bond acceptors (Lipinski definition) is 4. The molecule has 2 saturated heterocycles. The fourth-order valence-corrected chi connectivity index (χ4v) is 4.28. The Hall–Kier alpha value is -1.96. The van der Waals surface area contributed by atoms with E-state index >= 15 is 0 Å². The minimum Gasteiger partial charge on any atom is -0.396 e. The van der Waals surface area contributed by atoms with Crippen molar-refractivity contribution in [2.45, 2.75) is 25.7 Å². The van der Waals surface area contributed by atoms with Crippen LogP contribution in [0.1, 0.15) is 31.2 Å². The number of aliphatic hydroxyl groups excluding tert-OH is 1. The van der Waals surface area contributed by atoms with Crippen LogP contribution in [0.2, 0.25) is 5.02 Å². The summed E-state index contributed by atoms with van der Waals surface area (Å²) in [6.45, 7) is 5.38. The van der Waals surface area contributed by atoms with Gasteiger partial charge in [0.25, 0.3) is 0 Å². The number of rotatable bonds is 7. The zero-order chi connectivity index (χ0) is 22.2. The molecule has 170 valence electrons. The van der Waals surface area contributed by atoms with Gasteiger partial charge in [-0.05, 0) is 68.6 Å². The molecule has 0 unspecified atom stereocenters. The maximum Gasteiger partial charge on any atom is 0.246 e. The number of piperidine rings is 1. The van der Waals surface area contributed by atoms with Crippen LogP contribution in [0.15, 0.2) is 24.3 Å². The minimum absolute atomic E-state index is 0.0170. The van der Waals surface area contributed by atoms with E-state index in [1.165, 1.54) is 18.2 Å². The van der Waals surface area contributed by atoms with Crippen molar-refractivity contribution >= 4 is 29.5 Å². The third kappa shape index (κ3) is 7.02. The lowest BCUT2D eigenvalue weighted by Crippen LogP contribution is -2.39. The van der Waals surface area contributed by atoms with Gasteiger partial charge in [-0.25, -0.2) is 4.39 Å². The van der Waals surface area contributed by atoms with E-state index in [0.717, 1.165) is 38.9 Å². The van der Waals surface area contributed by atoms with Crippen LogP contribution in [0.3, 0.4) is 0 Å². The Morgan fingerprint density at radius 1 is 1.16 bits per heavy atom. The van der Waals surface area contributed by atoms with Crippen LogP contribution in [-0.4, -0.2) is 84.0 Å². The summed E-state index contributed by atoms with van der Waals surface area (Å²) in [5.41, 5.74) is 0.648. The van der Waals surface area contributed by atoms with Crippen molar-refractivity contribution in [3.05, 3.63) is 40.7 Å². The van der Waals surface area contributed by atoms with E-state index in [1.807, 2.05) is 4.90 Å². The molecule has 2 aliphatic rings. The molecule has 1 aromatic rings. The first-order chi connectivity index (χ1) is 15.0. The Morgan fingerprint density at radius 2 is 1.94 bits per heavy atom. The first-order valence-corrected chi connectivity index (χ1v) is 11.4. The van der Waals surface area contributed by atoms with Crippen molar-refractivity contribution in [3.8, 4) is 0 Å². The second-order valence-electron chi connectivity index (χ2n) is 8.28. The maximum atomic E-state index is 13.3. The SMILES string of the molecule is O=C(C=Cc1ccc(F)c(Cl)c1)N1CCC(=O)N(CCCN2CCC(CO)CC2)CC1. The van der Waals surface area contributed by atoms with Crippen LogP contribution in [-0.2, 0) is 9.59 Å². The number of benzene rings is 1. The van der Waals surface area contributed by atoms with Crippen LogP contribution >= 0.6 is 11.6 Å². The second kappa shape index (κ2) is 11.6. The Kier molecular flexibility index (Phi) is 8.87. The summed E-state index contributed by atoms with van der Waals surface area (Å²) < 4.78 is 13.3. The van der Waals surface area contributed by atoms with Gasteiger partial charge in [0, 0.05) is 45.3 Å². The quantitative estimate of drug-likeness (QED) is 0.647. The zero-order valence-corrected chi connectivity index (χ0v) is 18.6. The second-order valence-corrected chi connectivity index (χ2v) is 8.69. The van der Waals surface area contributed by atoms with E-state index < -0.39 is 5.82 Å². The molecule has 1 N–H and O–H groups in total. The standard InChI is InChI=1S/C23H31ClFN3O3/c24-20-16-18(2-4-21(20)25)3-5-22(30)28-13-8-23(31)27(14-15-28)10-1-9-26-11-6-19(17-29)7-12-26/h2-5,16,19,29H,1,6-15,17H2. The molecule has 3 rings (SSSR count). The molecule has 2 heterocycles. The molecule has 1 aromatic carbocycles. The largest absolute Gasteiger partial charge is 0.396 e. The summed E-state index contributed by atoms with van der Waals surface area (Å²) in [6.07, 6.45) is 6.36. The van der Waals surface area contributed by atoms with E-state index in [4.69, 9.17) is 11.6 Å². The van der Waals surface area contributed by atoms with E-state index in [1.54, 1.807) is 17.0 Å². The molecule has 0 atom stereocenters. The van der Waals surface area contributed by atoms with Crippen LogP contribution in [0, 0.1) is 11.7 Å². The smallest absolute Gasteiger partial charge is 0.246 e. The number of carbonyl (C=O) groups excluding carboxylic acids is 2. The van der Waals surface area contributed by atoms with Crippen molar-refractivity contribution in [1.82, 2.24) is 14.7 Å². The lowest BCUT2D eigenvalue weighted by atomic mass is 9.98. The van der Waals surface area contributed by atoms with E-state index in [9.17, 15) is 19.1 Å². The Morgan fingerprint density at radius 3 is 2.65 bits per heavy atom. The minimum atomic E-state index is -0.495. The summed E-state index contributed by atoms with van der Waals surface area (Å²) in [4.78, 5) is 31.0. The summed E-state index contributed by atoms with van der Waals surface area (Å²) in [5.74, 6) is -0.141. The molecule has 0 saturated carbocycles. The van der Waals surface area contributed by atoms with Crippen LogP contribution in [0.5, 0.6) is 0 Å². The molecule has 31 heavy (non-hydrogen) atoms. The molecule has 6 nitrogen and oxygen atoms in total. The van der Waals surface area contributed by atoms with Gasteiger partial charge in [0.2, 0.25) is 11.8 Å². The van der Waals surface area contributed by atoms with Gasteiger partial charge in [-0.15, -0.1) is 0 Å². The van der Waals surface area contributed by atoms with Gasteiger partial charge >= 0.3 is 0 Å². The number of amides is 2. The molecular weight excluding hydrogens is 421 g/mol. The van der Waals surface area contributed by atoms with Gasteiger partial charge in [-0.1, -0.05) is 17.7 Å². The van der Waals surface area contributed by atoms with Gasteiger partial charge in [0.1, 0.15) is 5.82 Å². The Bertz CT molecular complexity index is 796. The summed E-state index contributed by atoms with van der Waals surface area (Å²) in [5, 5.41) is 9.26. The molecule has 0 aliphatic carbocycles. The van der Waals surface area contributed by atoms with Gasteiger partial charge in [-0.2, -0.15) is 0 Å². The van der Waals surface area contributed by atoms with E-state index in [0.29, 0.717) is 44.1 Å². The average Bonchev–Trinajstić information content (AvgIpc) is 2.96. The summed E-state index contributed by atoms with van der Waals surface area (Å²) in [7, 11) is 0. The monoisotopic (exact) mass is 451 g/mol. The van der Waals surface area contributed by atoms with Crippen molar-refractivity contribution in [2.75, 3.05) is 52.4 Å². The molecule has 8 heteroatoms. The normalized spacial score (nSPS) is 19.3. The van der Waals surface area contributed by atoms with Crippen LogP contribution in [0.4, 0.5) is 4.39 Å². The predicted molar refractivity (Wildman–Crippen MR) is 119 cm³/mol. The van der Waals surface area contributed by atoms with Gasteiger partial charge in [-0.3, -0.25) is 9.59 Å². The summed E-state index contributed by atoms with van der Waals surface area (Å²) in [6, 6.07) is 4.30. The molecule has 2 amide bonds. The van der Waals surface area contributed by atoms with Crippen LogP contribution in [0.25, 0.3) is 6.08 Å². The highest BCUT2D eigenvalue weighted by atomic mass is 35.5. The molecule has 2 aliphatic heterocycles. The highest BCUT2D eigenvalue weighted by molar-refractivity contribution is 6.30. The molecule has 0 radical (unpaired) electrons. The molecular formula is C23H31ClFN3O3. The fourth-order valence-electron chi connectivity index (χ4n) is 4.09. The first kappa shape index (κ1) is 23.7. The predicted octanol–water partition coefficient (Wildman–Crippen LogP) is 2.65. The van der Waals surface area contributed by atoms with Gasteiger partial charge in [0.15, 0.2) is 0 Å². The number of hydrogen-bond donors (Lipinski definition) is 1. The number of aliphatic hydroxyl groups is 1.